The molecule has 0 saturated heterocycles. The summed E-state index contributed by atoms with van der Waals surface area (Å²) in [6.45, 7) is 5.83. The number of nitrogens with one attached hydrogen (secondary N) is 1. The van der Waals surface area contributed by atoms with Gasteiger partial charge in [-0.3, -0.25) is 9.59 Å². The predicted octanol–water partition coefficient (Wildman–Crippen LogP) is 4.15. The molecule has 0 fully saturated rings. The van der Waals surface area contributed by atoms with Crippen LogP contribution in [0.2, 0.25) is 0 Å². The third-order valence-electron chi connectivity index (χ3n) is 3.46. The van der Waals surface area contributed by atoms with E-state index < -0.39 is 0 Å². The van der Waals surface area contributed by atoms with Crippen molar-refractivity contribution in [3.05, 3.63) is 49.6 Å². The molecule has 0 radical (unpaired) electrons. The lowest BCUT2D eigenvalue weighted by atomic mass is 10.2. The predicted molar refractivity (Wildman–Crippen MR) is 98.3 cm³/mol. The average Bonchev–Trinajstić information content (AvgIpc) is 2.79. The van der Waals surface area contributed by atoms with Gasteiger partial charge in [-0.2, -0.15) is 0 Å². The summed E-state index contributed by atoms with van der Waals surface area (Å²) in [5.74, 6) is -0.342. The van der Waals surface area contributed by atoms with E-state index in [1.165, 1.54) is 4.90 Å². The first-order chi connectivity index (χ1) is 10.8. The van der Waals surface area contributed by atoms with Crippen LogP contribution in [0.25, 0.3) is 0 Å². The molecule has 23 heavy (non-hydrogen) atoms. The zero-order chi connectivity index (χ0) is 17.1. The van der Waals surface area contributed by atoms with E-state index in [0.717, 1.165) is 25.5 Å². The van der Waals surface area contributed by atoms with Gasteiger partial charge in [-0.05, 0) is 50.6 Å². The first-order valence-electron chi connectivity index (χ1n) is 7.16. The zero-order valence-electron chi connectivity index (χ0n) is 13.6. The zero-order valence-corrected chi connectivity index (χ0v) is 16.0. The SMILES string of the molecule is Cc1cc(C(=O)N(C)CC(=O)Nc2ccc(Br)cc2C)c(C)s1. The second-order valence-corrected chi connectivity index (χ2v) is 7.87. The molecule has 0 aliphatic carbocycles. The summed E-state index contributed by atoms with van der Waals surface area (Å²) in [4.78, 5) is 28.1. The maximum absolute atomic E-state index is 12.4. The topological polar surface area (TPSA) is 49.4 Å². The molecular weight excluding hydrogens is 376 g/mol. The van der Waals surface area contributed by atoms with Gasteiger partial charge in [0, 0.05) is 27.0 Å². The quantitative estimate of drug-likeness (QED) is 0.846. The summed E-state index contributed by atoms with van der Waals surface area (Å²) in [7, 11) is 1.64. The van der Waals surface area contributed by atoms with Crippen LogP contribution >= 0.6 is 27.3 Å². The van der Waals surface area contributed by atoms with Gasteiger partial charge in [0.2, 0.25) is 5.91 Å². The minimum atomic E-state index is -0.212. The van der Waals surface area contributed by atoms with Crippen LogP contribution < -0.4 is 5.32 Å². The van der Waals surface area contributed by atoms with Crippen LogP contribution in [0.15, 0.2) is 28.7 Å². The number of halogens is 1. The largest absolute Gasteiger partial charge is 0.332 e. The lowest BCUT2D eigenvalue weighted by Crippen LogP contribution is -2.35. The summed E-state index contributed by atoms with van der Waals surface area (Å²) in [5, 5.41) is 2.84. The number of hydrogen-bond donors (Lipinski definition) is 1. The number of likely N-dealkylation sites (N-methyl/N-ethyl adjacent to an activating group) is 1. The summed E-state index contributed by atoms with van der Waals surface area (Å²) >= 11 is 4.98. The molecule has 0 aliphatic rings. The molecule has 0 saturated carbocycles. The van der Waals surface area contributed by atoms with Crippen molar-refractivity contribution in [2.24, 2.45) is 0 Å². The van der Waals surface area contributed by atoms with Crippen LogP contribution in [-0.2, 0) is 4.79 Å². The molecule has 0 unspecified atom stereocenters. The average molecular weight is 395 g/mol. The normalized spacial score (nSPS) is 10.5. The van der Waals surface area contributed by atoms with Gasteiger partial charge in [-0.1, -0.05) is 15.9 Å². The fourth-order valence-corrected chi connectivity index (χ4v) is 3.68. The Bertz CT molecular complexity index is 755. The van der Waals surface area contributed by atoms with E-state index in [1.54, 1.807) is 18.4 Å². The van der Waals surface area contributed by atoms with Crippen molar-refractivity contribution in [1.82, 2.24) is 4.90 Å². The monoisotopic (exact) mass is 394 g/mol. The Morgan fingerprint density at radius 1 is 1.22 bits per heavy atom. The van der Waals surface area contributed by atoms with Gasteiger partial charge in [-0.25, -0.2) is 0 Å². The highest BCUT2D eigenvalue weighted by Gasteiger charge is 2.18. The Balaban J connectivity index is 2.02. The first-order valence-corrected chi connectivity index (χ1v) is 8.77. The molecule has 6 heteroatoms. The van der Waals surface area contributed by atoms with Crippen LogP contribution in [0.1, 0.15) is 25.7 Å². The number of anilines is 1. The number of aryl methyl sites for hydroxylation is 3. The maximum Gasteiger partial charge on any atom is 0.255 e. The number of nitrogens with zero attached hydrogens (tertiary/aromatic N) is 1. The molecule has 0 spiro atoms. The van der Waals surface area contributed by atoms with Crippen LogP contribution in [0.4, 0.5) is 5.69 Å². The highest BCUT2D eigenvalue weighted by molar-refractivity contribution is 9.10. The lowest BCUT2D eigenvalue weighted by Gasteiger charge is -2.17. The molecule has 1 aromatic heterocycles. The maximum atomic E-state index is 12.4. The Morgan fingerprint density at radius 3 is 2.48 bits per heavy atom. The van der Waals surface area contributed by atoms with E-state index in [-0.39, 0.29) is 18.4 Å². The second kappa shape index (κ2) is 7.27. The van der Waals surface area contributed by atoms with Gasteiger partial charge in [0.25, 0.3) is 5.91 Å². The van der Waals surface area contributed by atoms with Crippen molar-refractivity contribution in [3.8, 4) is 0 Å². The van der Waals surface area contributed by atoms with Crippen LogP contribution in [-0.4, -0.2) is 30.3 Å². The number of amides is 2. The van der Waals surface area contributed by atoms with Gasteiger partial charge in [0.1, 0.15) is 0 Å². The Hall–Kier alpha value is -1.66. The first kappa shape index (κ1) is 17.7. The molecule has 2 aromatic rings. The third-order valence-corrected chi connectivity index (χ3v) is 4.92. The highest BCUT2D eigenvalue weighted by Crippen LogP contribution is 2.22. The lowest BCUT2D eigenvalue weighted by molar-refractivity contribution is -0.116. The minimum absolute atomic E-state index is 0.0165. The summed E-state index contributed by atoms with van der Waals surface area (Å²) in [6, 6.07) is 7.51. The number of benzene rings is 1. The van der Waals surface area contributed by atoms with Gasteiger partial charge >= 0.3 is 0 Å². The Labute approximate surface area is 148 Å². The molecule has 1 aromatic carbocycles. The van der Waals surface area contributed by atoms with Gasteiger partial charge in [-0.15, -0.1) is 11.3 Å². The molecular formula is C17H19BrN2O2S. The molecule has 0 bridgehead atoms. The molecule has 0 aliphatic heterocycles. The summed E-state index contributed by atoms with van der Waals surface area (Å²) < 4.78 is 0.962. The van der Waals surface area contributed by atoms with Crippen molar-refractivity contribution < 1.29 is 9.59 Å². The van der Waals surface area contributed by atoms with Crippen molar-refractivity contribution in [2.45, 2.75) is 20.8 Å². The van der Waals surface area contributed by atoms with Crippen LogP contribution in [0, 0.1) is 20.8 Å². The van der Waals surface area contributed by atoms with E-state index in [9.17, 15) is 9.59 Å². The molecule has 2 rings (SSSR count). The smallest absolute Gasteiger partial charge is 0.255 e. The minimum Gasteiger partial charge on any atom is -0.332 e. The molecule has 1 N–H and O–H groups in total. The number of carbonyl (C=O) groups is 2. The fraction of sp³-hybridized carbons (Fsp3) is 0.294. The van der Waals surface area contributed by atoms with Crippen molar-refractivity contribution in [2.75, 3.05) is 18.9 Å². The van der Waals surface area contributed by atoms with E-state index in [1.807, 2.05) is 45.0 Å². The second-order valence-electron chi connectivity index (χ2n) is 5.50. The highest BCUT2D eigenvalue weighted by atomic mass is 79.9. The van der Waals surface area contributed by atoms with E-state index >= 15 is 0 Å². The number of rotatable bonds is 4. The number of thiophene rings is 1. The summed E-state index contributed by atoms with van der Waals surface area (Å²) in [5.41, 5.74) is 2.38. The summed E-state index contributed by atoms with van der Waals surface area (Å²) in [6.07, 6.45) is 0. The fourth-order valence-electron chi connectivity index (χ4n) is 2.29. The van der Waals surface area contributed by atoms with Crippen LogP contribution in [0.5, 0.6) is 0 Å². The standard InChI is InChI=1S/C17H19BrN2O2S/c1-10-7-13(18)5-6-15(10)19-16(21)9-20(4)17(22)14-8-11(2)23-12(14)3/h5-8H,9H2,1-4H3,(H,19,21). The number of carbonyl (C=O) groups excluding carboxylic acids is 2. The van der Waals surface area contributed by atoms with Gasteiger partial charge in [0.15, 0.2) is 0 Å². The molecule has 1 heterocycles. The third kappa shape index (κ3) is 4.42. The van der Waals surface area contributed by atoms with Crippen molar-refractivity contribution in [1.29, 1.82) is 0 Å². The van der Waals surface area contributed by atoms with E-state index in [4.69, 9.17) is 0 Å². The van der Waals surface area contributed by atoms with E-state index in [2.05, 4.69) is 21.2 Å². The van der Waals surface area contributed by atoms with Crippen LogP contribution in [0.3, 0.4) is 0 Å². The molecule has 122 valence electrons. The Kier molecular flexibility index (Phi) is 5.59. The van der Waals surface area contributed by atoms with Crippen molar-refractivity contribution in [3.63, 3.8) is 0 Å². The molecule has 2 amide bonds. The van der Waals surface area contributed by atoms with Crippen molar-refractivity contribution >= 4 is 44.8 Å². The van der Waals surface area contributed by atoms with E-state index in [0.29, 0.717) is 5.56 Å². The molecule has 0 atom stereocenters. The Morgan fingerprint density at radius 2 is 1.91 bits per heavy atom. The van der Waals surface area contributed by atoms with Gasteiger partial charge < -0.3 is 10.2 Å². The molecule has 4 nitrogen and oxygen atoms in total. The number of hydrogen-bond acceptors (Lipinski definition) is 3. The van der Waals surface area contributed by atoms with Gasteiger partial charge in [0.05, 0.1) is 12.1 Å².